The Bertz CT molecular complexity index is 375. The molecule has 0 amide bonds. The van der Waals surface area contributed by atoms with Crippen molar-refractivity contribution >= 4 is 17.3 Å². The zero-order valence-corrected chi connectivity index (χ0v) is 10.5. The van der Waals surface area contributed by atoms with Gasteiger partial charge in [0.1, 0.15) is 11.0 Å². The number of likely N-dealkylation sites (N-methyl/N-ethyl adjacent to an activating group) is 1. The van der Waals surface area contributed by atoms with Crippen LogP contribution in [0.5, 0.6) is 0 Å². The lowest BCUT2D eigenvalue weighted by atomic mass is 10.1. The molecule has 0 saturated carbocycles. The Hall–Kier alpha value is -0.870. The molecular formula is C12H17NO2S. The normalized spacial score (nSPS) is 22.0. The van der Waals surface area contributed by atoms with Crippen LogP contribution in [0.1, 0.15) is 27.4 Å². The number of rotatable bonds is 2. The number of carbonyl (C=O) groups is 1. The number of thiophene rings is 1. The first-order valence-electron chi connectivity index (χ1n) is 5.61. The molecule has 16 heavy (non-hydrogen) atoms. The molecule has 1 aromatic rings. The minimum atomic E-state index is -0.168. The van der Waals surface area contributed by atoms with Gasteiger partial charge in [-0.1, -0.05) is 0 Å². The van der Waals surface area contributed by atoms with Crippen molar-refractivity contribution in [3.05, 3.63) is 21.9 Å². The summed E-state index contributed by atoms with van der Waals surface area (Å²) in [5.74, 6) is -0.168. The number of hydrogen-bond acceptors (Lipinski definition) is 4. The highest BCUT2D eigenvalue weighted by atomic mass is 32.1. The Kier molecular flexibility index (Phi) is 3.61. The van der Waals surface area contributed by atoms with Crippen LogP contribution in [0.15, 0.2) is 12.1 Å². The summed E-state index contributed by atoms with van der Waals surface area (Å²) in [5.41, 5.74) is 0. The summed E-state index contributed by atoms with van der Waals surface area (Å²) in [6.45, 7) is 3.96. The Balaban J connectivity index is 1.92. The van der Waals surface area contributed by atoms with E-state index in [1.54, 1.807) is 0 Å². The summed E-state index contributed by atoms with van der Waals surface area (Å²) in [4.78, 5) is 15.9. The molecule has 0 aromatic carbocycles. The molecule has 1 atom stereocenters. The third-order valence-corrected chi connectivity index (χ3v) is 3.78. The van der Waals surface area contributed by atoms with E-state index in [4.69, 9.17) is 4.74 Å². The number of likely N-dealkylation sites (tertiary alicyclic amines) is 1. The van der Waals surface area contributed by atoms with Crippen molar-refractivity contribution in [2.75, 3.05) is 20.1 Å². The van der Waals surface area contributed by atoms with E-state index in [-0.39, 0.29) is 12.1 Å². The van der Waals surface area contributed by atoms with Crippen LogP contribution in [0.2, 0.25) is 0 Å². The van der Waals surface area contributed by atoms with Crippen LogP contribution in [0.25, 0.3) is 0 Å². The monoisotopic (exact) mass is 239 g/mol. The fourth-order valence-corrected chi connectivity index (χ4v) is 2.72. The molecule has 4 heteroatoms. The molecule has 1 saturated heterocycles. The molecule has 0 spiro atoms. The molecule has 0 unspecified atom stereocenters. The summed E-state index contributed by atoms with van der Waals surface area (Å²) in [7, 11) is 2.06. The number of carbonyl (C=O) groups excluding carboxylic acids is 1. The number of aryl methyl sites for hydroxylation is 1. The average molecular weight is 239 g/mol. The summed E-state index contributed by atoms with van der Waals surface area (Å²) in [5, 5.41) is 0. The van der Waals surface area contributed by atoms with Gasteiger partial charge in [0, 0.05) is 11.4 Å². The van der Waals surface area contributed by atoms with Crippen LogP contribution in [0, 0.1) is 6.92 Å². The SMILES string of the molecule is Cc1ccc(C(=O)O[C@H]2CCCN(C)C2)s1. The summed E-state index contributed by atoms with van der Waals surface area (Å²) < 4.78 is 5.49. The molecule has 2 heterocycles. The van der Waals surface area contributed by atoms with Crippen LogP contribution in [-0.4, -0.2) is 37.1 Å². The summed E-state index contributed by atoms with van der Waals surface area (Å²) in [6, 6.07) is 3.79. The number of ether oxygens (including phenoxy) is 1. The molecule has 0 N–H and O–H groups in total. The second-order valence-electron chi connectivity index (χ2n) is 4.34. The fraction of sp³-hybridized carbons (Fsp3) is 0.583. The van der Waals surface area contributed by atoms with Gasteiger partial charge in [-0.3, -0.25) is 0 Å². The smallest absolute Gasteiger partial charge is 0.348 e. The molecular weight excluding hydrogens is 222 g/mol. The molecule has 88 valence electrons. The average Bonchev–Trinajstić information content (AvgIpc) is 2.65. The molecule has 1 aromatic heterocycles. The number of nitrogens with zero attached hydrogens (tertiary/aromatic N) is 1. The predicted molar refractivity (Wildman–Crippen MR) is 65.0 cm³/mol. The van der Waals surface area contributed by atoms with E-state index in [0.29, 0.717) is 4.88 Å². The van der Waals surface area contributed by atoms with Gasteiger partial charge in [-0.05, 0) is 45.5 Å². The largest absolute Gasteiger partial charge is 0.457 e. The molecule has 1 aliphatic rings. The molecule has 1 fully saturated rings. The van der Waals surface area contributed by atoms with Gasteiger partial charge in [-0.15, -0.1) is 11.3 Å². The molecule has 0 aliphatic carbocycles. The van der Waals surface area contributed by atoms with Crippen LogP contribution in [-0.2, 0) is 4.74 Å². The standard InChI is InChI=1S/C12H17NO2S/c1-9-5-6-11(16-9)12(14)15-10-4-3-7-13(2)8-10/h5-6,10H,3-4,7-8H2,1-2H3/t10-/m0/s1. The first kappa shape index (κ1) is 11.6. The van der Waals surface area contributed by atoms with Gasteiger partial charge in [-0.2, -0.15) is 0 Å². The molecule has 2 rings (SSSR count). The first-order chi connectivity index (χ1) is 7.65. The third kappa shape index (κ3) is 2.83. The molecule has 0 radical (unpaired) electrons. The minimum Gasteiger partial charge on any atom is -0.457 e. The van der Waals surface area contributed by atoms with Gasteiger partial charge in [0.25, 0.3) is 0 Å². The predicted octanol–water partition coefficient (Wildman–Crippen LogP) is 2.31. The Morgan fingerprint density at radius 1 is 1.56 bits per heavy atom. The lowest BCUT2D eigenvalue weighted by Crippen LogP contribution is -2.38. The van der Waals surface area contributed by atoms with E-state index >= 15 is 0 Å². The number of hydrogen-bond donors (Lipinski definition) is 0. The topological polar surface area (TPSA) is 29.5 Å². The fourth-order valence-electron chi connectivity index (χ4n) is 1.97. The Morgan fingerprint density at radius 2 is 2.38 bits per heavy atom. The Labute approximate surface area is 100 Å². The zero-order valence-electron chi connectivity index (χ0n) is 9.73. The van der Waals surface area contributed by atoms with Gasteiger partial charge in [0.05, 0.1) is 0 Å². The van der Waals surface area contributed by atoms with Crippen molar-refractivity contribution in [2.24, 2.45) is 0 Å². The maximum atomic E-state index is 11.8. The maximum Gasteiger partial charge on any atom is 0.348 e. The zero-order chi connectivity index (χ0) is 11.5. The van der Waals surface area contributed by atoms with Gasteiger partial charge >= 0.3 is 5.97 Å². The number of piperidine rings is 1. The van der Waals surface area contributed by atoms with Crippen molar-refractivity contribution in [3.63, 3.8) is 0 Å². The second-order valence-corrected chi connectivity index (χ2v) is 5.63. The second kappa shape index (κ2) is 4.97. The highest BCUT2D eigenvalue weighted by Gasteiger charge is 2.21. The van der Waals surface area contributed by atoms with E-state index in [2.05, 4.69) is 11.9 Å². The van der Waals surface area contributed by atoms with Gasteiger partial charge in [-0.25, -0.2) is 4.79 Å². The molecule has 1 aliphatic heterocycles. The van der Waals surface area contributed by atoms with Crippen molar-refractivity contribution in [1.29, 1.82) is 0 Å². The van der Waals surface area contributed by atoms with Crippen LogP contribution in [0.3, 0.4) is 0 Å². The maximum absolute atomic E-state index is 11.8. The number of esters is 1. The van der Waals surface area contributed by atoms with Gasteiger partial charge in [0.2, 0.25) is 0 Å². The van der Waals surface area contributed by atoms with E-state index in [1.807, 2.05) is 19.1 Å². The van der Waals surface area contributed by atoms with Crippen LogP contribution < -0.4 is 0 Å². The van der Waals surface area contributed by atoms with E-state index in [1.165, 1.54) is 11.3 Å². The highest BCUT2D eigenvalue weighted by molar-refractivity contribution is 7.13. The van der Waals surface area contributed by atoms with Crippen molar-refractivity contribution < 1.29 is 9.53 Å². The van der Waals surface area contributed by atoms with Gasteiger partial charge < -0.3 is 9.64 Å². The van der Waals surface area contributed by atoms with Crippen LogP contribution in [0.4, 0.5) is 0 Å². The van der Waals surface area contributed by atoms with Gasteiger partial charge in [0.15, 0.2) is 0 Å². The minimum absolute atomic E-state index is 0.0636. The van der Waals surface area contributed by atoms with Crippen molar-refractivity contribution in [2.45, 2.75) is 25.9 Å². The van der Waals surface area contributed by atoms with E-state index in [0.717, 1.165) is 30.8 Å². The first-order valence-corrected chi connectivity index (χ1v) is 6.43. The summed E-state index contributed by atoms with van der Waals surface area (Å²) >= 11 is 1.50. The van der Waals surface area contributed by atoms with Crippen molar-refractivity contribution in [3.8, 4) is 0 Å². The van der Waals surface area contributed by atoms with Crippen molar-refractivity contribution in [1.82, 2.24) is 4.90 Å². The summed E-state index contributed by atoms with van der Waals surface area (Å²) in [6.07, 6.45) is 2.16. The Morgan fingerprint density at radius 3 is 3.00 bits per heavy atom. The lowest BCUT2D eigenvalue weighted by molar-refractivity contribution is 0.0114. The lowest BCUT2D eigenvalue weighted by Gasteiger charge is -2.29. The van der Waals surface area contributed by atoms with E-state index in [9.17, 15) is 4.79 Å². The molecule has 3 nitrogen and oxygen atoms in total. The van der Waals surface area contributed by atoms with Crippen LogP contribution >= 0.6 is 11.3 Å². The molecule has 0 bridgehead atoms. The third-order valence-electron chi connectivity index (χ3n) is 2.80. The quantitative estimate of drug-likeness (QED) is 0.742. The van der Waals surface area contributed by atoms with E-state index < -0.39 is 0 Å². The highest BCUT2D eigenvalue weighted by Crippen LogP contribution is 2.19.